The maximum absolute atomic E-state index is 12.7. The number of nitrogens with zero attached hydrogens (tertiary/aromatic N) is 2. The molecular formula is C9H11F3N4. The third-order valence-corrected chi connectivity index (χ3v) is 2.77. The summed E-state index contributed by atoms with van der Waals surface area (Å²) in [4.78, 5) is 7.47. The SMILES string of the molecule is Cc1c(N)ncnc1NC1(C(F)(F)F)CC1. The molecule has 0 atom stereocenters. The number of hydrogen-bond donors (Lipinski definition) is 2. The zero-order chi connectivity index (χ0) is 12.0. The maximum Gasteiger partial charge on any atom is 0.411 e. The van der Waals surface area contributed by atoms with Crippen LogP contribution in [0.25, 0.3) is 0 Å². The molecule has 0 saturated heterocycles. The van der Waals surface area contributed by atoms with Crippen molar-refractivity contribution in [3.8, 4) is 0 Å². The molecule has 1 aromatic heterocycles. The first-order valence-electron chi connectivity index (χ1n) is 4.78. The molecule has 0 aliphatic heterocycles. The van der Waals surface area contributed by atoms with Gasteiger partial charge in [0.15, 0.2) is 0 Å². The van der Waals surface area contributed by atoms with Crippen molar-refractivity contribution in [2.75, 3.05) is 11.1 Å². The Morgan fingerprint density at radius 2 is 2.00 bits per heavy atom. The minimum absolute atomic E-state index is 0.0693. The Balaban J connectivity index is 2.25. The predicted octanol–water partition coefficient (Wildman–Crippen LogP) is 1.87. The smallest absolute Gasteiger partial charge is 0.383 e. The van der Waals surface area contributed by atoms with Crippen molar-refractivity contribution in [3.05, 3.63) is 11.9 Å². The minimum Gasteiger partial charge on any atom is -0.383 e. The van der Waals surface area contributed by atoms with Crippen molar-refractivity contribution in [2.24, 2.45) is 0 Å². The van der Waals surface area contributed by atoms with Crippen LogP contribution in [0.4, 0.5) is 24.8 Å². The van der Waals surface area contributed by atoms with Crippen LogP contribution in [0.3, 0.4) is 0 Å². The highest BCUT2D eigenvalue weighted by atomic mass is 19.4. The number of anilines is 2. The van der Waals surface area contributed by atoms with Gasteiger partial charge >= 0.3 is 6.18 Å². The lowest BCUT2D eigenvalue weighted by atomic mass is 10.2. The summed E-state index contributed by atoms with van der Waals surface area (Å²) < 4.78 is 38.0. The summed E-state index contributed by atoms with van der Waals surface area (Å²) in [6.45, 7) is 1.59. The van der Waals surface area contributed by atoms with E-state index in [-0.39, 0.29) is 24.5 Å². The minimum atomic E-state index is -4.26. The molecule has 0 spiro atoms. The summed E-state index contributed by atoms with van der Waals surface area (Å²) >= 11 is 0. The van der Waals surface area contributed by atoms with Gasteiger partial charge < -0.3 is 11.1 Å². The first-order valence-corrected chi connectivity index (χ1v) is 4.78. The Labute approximate surface area is 90.1 Å². The molecule has 7 heteroatoms. The average molecular weight is 232 g/mol. The fourth-order valence-electron chi connectivity index (χ4n) is 1.42. The highest BCUT2D eigenvalue weighted by Gasteiger charge is 2.63. The molecule has 1 aromatic rings. The van der Waals surface area contributed by atoms with Crippen molar-refractivity contribution in [3.63, 3.8) is 0 Å². The molecule has 1 aliphatic rings. The molecule has 88 valence electrons. The maximum atomic E-state index is 12.7. The standard InChI is InChI=1S/C9H11F3N4/c1-5-6(13)14-4-15-7(5)16-8(2-3-8)9(10,11)12/h4H,2-3H2,1H3,(H3,13,14,15,16). The second-order valence-electron chi connectivity index (χ2n) is 3.94. The molecule has 0 amide bonds. The number of hydrogen-bond acceptors (Lipinski definition) is 4. The fraction of sp³-hybridized carbons (Fsp3) is 0.556. The van der Waals surface area contributed by atoms with Crippen LogP contribution < -0.4 is 11.1 Å². The highest BCUT2D eigenvalue weighted by Crippen LogP contribution is 2.51. The lowest BCUT2D eigenvalue weighted by molar-refractivity contribution is -0.151. The molecule has 1 aliphatic carbocycles. The van der Waals surface area contributed by atoms with Crippen molar-refractivity contribution < 1.29 is 13.2 Å². The first kappa shape index (κ1) is 11.0. The second kappa shape index (κ2) is 3.23. The molecular weight excluding hydrogens is 221 g/mol. The van der Waals surface area contributed by atoms with Gasteiger partial charge in [-0.2, -0.15) is 13.2 Å². The topological polar surface area (TPSA) is 63.8 Å². The van der Waals surface area contributed by atoms with E-state index in [1.165, 1.54) is 0 Å². The predicted molar refractivity (Wildman–Crippen MR) is 52.8 cm³/mol. The monoisotopic (exact) mass is 232 g/mol. The largest absolute Gasteiger partial charge is 0.411 e. The Hall–Kier alpha value is -1.53. The van der Waals surface area contributed by atoms with Crippen molar-refractivity contribution in [2.45, 2.75) is 31.5 Å². The molecule has 1 saturated carbocycles. The molecule has 0 unspecified atom stereocenters. The van der Waals surface area contributed by atoms with E-state index in [0.29, 0.717) is 5.56 Å². The normalized spacial score (nSPS) is 18.2. The zero-order valence-corrected chi connectivity index (χ0v) is 8.60. The Kier molecular flexibility index (Phi) is 2.21. The van der Waals surface area contributed by atoms with E-state index >= 15 is 0 Å². The number of halogens is 3. The summed E-state index contributed by atoms with van der Waals surface area (Å²) in [5.41, 5.74) is 4.12. The summed E-state index contributed by atoms with van der Waals surface area (Å²) in [7, 11) is 0. The van der Waals surface area contributed by atoms with Gasteiger partial charge in [-0.1, -0.05) is 0 Å². The molecule has 2 rings (SSSR count). The molecule has 0 aromatic carbocycles. The average Bonchev–Trinajstić information content (AvgIpc) is 2.93. The van der Waals surface area contributed by atoms with Crippen LogP contribution in [0.2, 0.25) is 0 Å². The fourth-order valence-corrected chi connectivity index (χ4v) is 1.42. The Morgan fingerprint density at radius 1 is 1.38 bits per heavy atom. The van der Waals surface area contributed by atoms with Crippen LogP contribution in [0, 0.1) is 6.92 Å². The van der Waals surface area contributed by atoms with Gasteiger partial charge in [-0.05, 0) is 19.8 Å². The van der Waals surface area contributed by atoms with E-state index < -0.39 is 11.7 Å². The van der Waals surface area contributed by atoms with E-state index in [1.807, 2.05) is 0 Å². The van der Waals surface area contributed by atoms with Gasteiger partial charge in [0.05, 0.1) is 0 Å². The summed E-state index contributed by atoms with van der Waals surface area (Å²) in [6.07, 6.45) is -2.98. The number of alkyl halides is 3. The van der Waals surface area contributed by atoms with E-state index in [1.54, 1.807) is 6.92 Å². The summed E-state index contributed by atoms with van der Waals surface area (Å²) in [5.74, 6) is 0.345. The Morgan fingerprint density at radius 3 is 2.50 bits per heavy atom. The molecule has 1 fully saturated rings. The molecule has 4 nitrogen and oxygen atoms in total. The lowest BCUT2D eigenvalue weighted by Crippen LogP contribution is -2.39. The van der Waals surface area contributed by atoms with Gasteiger partial charge in [0.2, 0.25) is 0 Å². The van der Waals surface area contributed by atoms with Crippen LogP contribution in [0.5, 0.6) is 0 Å². The number of aromatic nitrogens is 2. The second-order valence-corrected chi connectivity index (χ2v) is 3.94. The zero-order valence-electron chi connectivity index (χ0n) is 8.60. The van der Waals surface area contributed by atoms with Crippen molar-refractivity contribution in [1.82, 2.24) is 9.97 Å². The van der Waals surface area contributed by atoms with Crippen molar-refractivity contribution >= 4 is 11.6 Å². The number of nitrogens with two attached hydrogens (primary N) is 1. The molecule has 3 N–H and O–H groups in total. The van der Waals surface area contributed by atoms with Crippen LogP contribution in [0.1, 0.15) is 18.4 Å². The van der Waals surface area contributed by atoms with Gasteiger partial charge in [-0.25, -0.2) is 9.97 Å². The molecule has 1 heterocycles. The molecule has 16 heavy (non-hydrogen) atoms. The van der Waals surface area contributed by atoms with E-state index in [9.17, 15) is 13.2 Å². The van der Waals surface area contributed by atoms with E-state index in [2.05, 4.69) is 15.3 Å². The summed E-state index contributed by atoms with van der Waals surface area (Å²) in [6, 6.07) is 0. The van der Waals surface area contributed by atoms with Gasteiger partial charge in [0.25, 0.3) is 0 Å². The third kappa shape index (κ3) is 1.66. The van der Waals surface area contributed by atoms with Crippen LogP contribution >= 0.6 is 0 Å². The van der Waals surface area contributed by atoms with Gasteiger partial charge in [-0.3, -0.25) is 0 Å². The van der Waals surface area contributed by atoms with Crippen LogP contribution in [-0.4, -0.2) is 21.7 Å². The number of nitrogens with one attached hydrogen (secondary N) is 1. The Bertz CT molecular complexity index is 412. The first-order chi connectivity index (χ1) is 7.36. The van der Waals surface area contributed by atoms with E-state index in [0.717, 1.165) is 6.33 Å². The van der Waals surface area contributed by atoms with Gasteiger partial charge in [0.1, 0.15) is 23.5 Å². The lowest BCUT2D eigenvalue weighted by Gasteiger charge is -2.22. The summed E-state index contributed by atoms with van der Waals surface area (Å²) in [5, 5.41) is 2.42. The third-order valence-electron chi connectivity index (χ3n) is 2.77. The van der Waals surface area contributed by atoms with Crippen LogP contribution in [0.15, 0.2) is 6.33 Å². The molecule has 0 radical (unpaired) electrons. The van der Waals surface area contributed by atoms with Gasteiger partial charge in [0, 0.05) is 5.56 Å². The quantitative estimate of drug-likeness (QED) is 0.817. The number of nitrogen functional groups attached to an aromatic ring is 1. The number of rotatable bonds is 2. The highest BCUT2D eigenvalue weighted by molar-refractivity contribution is 5.56. The van der Waals surface area contributed by atoms with Gasteiger partial charge in [-0.15, -0.1) is 0 Å². The van der Waals surface area contributed by atoms with Crippen LogP contribution in [-0.2, 0) is 0 Å². The van der Waals surface area contributed by atoms with E-state index in [4.69, 9.17) is 5.73 Å². The van der Waals surface area contributed by atoms with Crippen molar-refractivity contribution in [1.29, 1.82) is 0 Å². The molecule has 0 bridgehead atoms.